The minimum absolute atomic E-state index is 0.0433. The van der Waals surface area contributed by atoms with Crippen LogP contribution in [-0.2, 0) is 15.3 Å². The molecule has 3 rings (SSSR count). The standard InChI is InChI=1S/C26H39N3O6SSi/c1-16-20(32-6)13-21(35-37(7,8)26(3,4)5)18-14-36-15-19(24-27-17(2)29-34-24)28-22(30)11-9-10-12-33-25(31)23(16)18/h13,19H,9-12,14-15H2,1-8H3,(H,28,30)/t19-/m0/s1. The van der Waals surface area contributed by atoms with Gasteiger partial charge in [0.05, 0.1) is 19.3 Å². The number of fused-ring (bicyclic) bond motifs is 1. The van der Waals surface area contributed by atoms with Crippen LogP contribution in [0.5, 0.6) is 11.5 Å². The zero-order valence-electron chi connectivity index (χ0n) is 23.1. The van der Waals surface area contributed by atoms with E-state index in [1.807, 2.05) is 13.0 Å². The van der Waals surface area contributed by atoms with E-state index < -0.39 is 20.3 Å². The van der Waals surface area contributed by atoms with Crippen molar-refractivity contribution in [2.24, 2.45) is 0 Å². The fourth-order valence-electron chi connectivity index (χ4n) is 3.74. The number of hydrogen-bond donors (Lipinski definition) is 1. The molecule has 0 bridgehead atoms. The van der Waals surface area contributed by atoms with Gasteiger partial charge in [0.15, 0.2) is 5.82 Å². The Labute approximate surface area is 224 Å². The average Bonchev–Trinajstić information content (AvgIpc) is 3.24. The summed E-state index contributed by atoms with van der Waals surface area (Å²) in [6.45, 7) is 14.7. The first-order valence-corrected chi connectivity index (χ1v) is 16.6. The number of esters is 1. The van der Waals surface area contributed by atoms with Crippen LogP contribution in [0.15, 0.2) is 10.6 Å². The first-order chi connectivity index (χ1) is 17.3. The number of aromatic nitrogens is 2. The first-order valence-electron chi connectivity index (χ1n) is 12.6. The van der Waals surface area contributed by atoms with Crippen LogP contribution in [0, 0.1) is 13.8 Å². The number of carbonyl (C=O) groups is 2. The van der Waals surface area contributed by atoms with Crippen LogP contribution >= 0.6 is 11.8 Å². The number of aryl methyl sites for hydroxylation is 1. The topological polar surface area (TPSA) is 113 Å². The van der Waals surface area contributed by atoms with E-state index in [0.717, 1.165) is 11.1 Å². The quantitative estimate of drug-likeness (QED) is 0.389. The van der Waals surface area contributed by atoms with Gasteiger partial charge in [-0.3, -0.25) is 4.79 Å². The summed E-state index contributed by atoms with van der Waals surface area (Å²) >= 11 is 1.55. The molecule has 1 atom stereocenters. The molecule has 0 unspecified atom stereocenters. The van der Waals surface area contributed by atoms with E-state index in [2.05, 4.69) is 49.3 Å². The van der Waals surface area contributed by atoms with Crippen LogP contribution < -0.4 is 14.5 Å². The number of amides is 1. The molecule has 2 aromatic rings. The van der Waals surface area contributed by atoms with Gasteiger partial charge >= 0.3 is 5.97 Å². The van der Waals surface area contributed by atoms with Gasteiger partial charge in [-0.2, -0.15) is 16.7 Å². The monoisotopic (exact) mass is 549 g/mol. The average molecular weight is 550 g/mol. The molecule has 0 fully saturated rings. The molecular weight excluding hydrogens is 510 g/mol. The molecule has 1 aromatic heterocycles. The van der Waals surface area contributed by atoms with Gasteiger partial charge in [0, 0.05) is 35.1 Å². The molecule has 0 spiro atoms. The van der Waals surface area contributed by atoms with E-state index in [4.69, 9.17) is 18.4 Å². The Bertz CT molecular complexity index is 1130. The lowest BCUT2D eigenvalue weighted by molar-refractivity contribution is -0.122. The highest BCUT2D eigenvalue weighted by Crippen LogP contribution is 2.42. The third-order valence-electron chi connectivity index (χ3n) is 6.94. The molecule has 9 nitrogen and oxygen atoms in total. The maximum atomic E-state index is 13.4. The minimum Gasteiger partial charge on any atom is -0.543 e. The van der Waals surface area contributed by atoms with Gasteiger partial charge in [-0.15, -0.1) is 0 Å². The minimum atomic E-state index is -2.24. The summed E-state index contributed by atoms with van der Waals surface area (Å²) in [7, 11) is -0.653. The summed E-state index contributed by atoms with van der Waals surface area (Å²) in [6, 6.07) is 1.44. The lowest BCUT2D eigenvalue weighted by atomic mass is 10.0. The second kappa shape index (κ2) is 11.9. The molecule has 1 N–H and O–H groups in total. The second-order valence-electron chi connectivity index (χ2n) is 10.8. The van der Waals surface area contributed by atoms with Gasteiger partial charge in [-0.25, -0.2) is 4.79 Å². The molecule has 1 amide bonds. The van der Waals surface area contributed by atoms with Crippen molar-refractivity contribution < 1.29 is 28.0 Å². The van der Waals surface area contributed by atoms with Gasteiger partial charge < -0.3 is 23.7 Å². The van der Waals surface area contributed by atoms with Gasteiger partial charge in [0.1, 0.15) is 17.5 Å². The van der Waals surface area contributed by atoms with Crippen LogP contribution in [0.4, 0.5) is 0 Å². The van der Waals surface area contributed by atoms with Crippen LogP contribution in [0.3, 0.4) is 0 Å². The number of benzene rings is 1. The molecular formula is C26H39N3O6SSi. The molecule has 37 heavy (non-hydrogen) atoms. The Morgan fingerprint density at radius 3 is 2.51 bits per heavy atom. The fraction of sp³-hybridized carbons (Fsp3) is 0.615. The molecule has 2 heterocycles. The molecule has 0 saturated heterocycles. The summed E-state index contributed by atoms with van der Waals surface area (Å²) in [5.41, 5.74) is 1.96. The van der Waals surface area contributed by atoms with Crippen molar-refractivity contribution in [2.45, 2.75) is 83.8 Å². The van der Waals surface area contributed by atoms with Crippen molar-refractivity contribution in [1.82, 2.24) is 15.5 Å². The number of nitrogens with one attached hydrogen (secondary N) is 1. The van der Waals surface area contributed by atoms with E-state index in [0.29, 0.717) is 59.5 Å². The van der Waals surface area contributed by atoms with E-state index in [-0.39, 0.29) is 17.6 Å². The Kier molecular flexibility index (Phi) is 9.33. The number of methoxy groups -OCH3 is 1. The van der Waals surface area contributed by atoms with Crippen molar-refractivity contribution in [1.29, 1.82) is 0 Å². The van der Waals surface area contributed by atoms with Crippen LogP contribution in [-0.4, -0.2) is 49.8 Å². The molecule has 1 aliphatic heterocycles. The maximum absolute atomic E-state index is 13.4. The van der Waals surface area contributed by atoms with Crippen LogP contribution in [0.25, 0.3) is 0 Å². The normalized spacial score (nSPS) is 18.3. The van der Waals surface area contributed by atoms with Crippen molar-refractivity contribution in [3.8, 4) is 11.5 Å². The molecule has 0 aliphatic carbocycles. The molecule has 1 aromatic carbocycles. The van der Waals surface area contributed by atoms with E-state index in [9.17, 15) is 9.59 Å². The highest BCUT2D eigenvalue weighted by molar-refractivity contribution is 7.98. The predicted octanol–water partition coefficient (Wildman–Crippen LogP) is 5.51. The predicted molar refractivity (Wildman–Crippen MR) is 146 cm³/mol. The van der Waals surface area contributed by atoms with Gasteiger partial charge in [0.2, 0.25) is 20.1 Å². The van der Waals surface area contributed by atoms with Crippen molar-refractivity contribution >= 4 is 32.0 Å². The number of hydrogen-bond acceptors (Lipinski definition) is 9. The third-order valence-corrected chi connectivity index (χ3v) is 12.3. The molecule has 1 aliphatic rings. The molecule has 11 heteroatoms. The number of thioether (sulfide) groups is 1. The molecule has 0 radical (unpaired) electrons. The number of nitrogens with zero attached hydrogens (tertiary/aromatic N) is 2. The van der Waals surface area contributed by atoms with Crippen molar-refractivity contribution in [2.75, 3.05) is 19.5 Å². The van der Waals surface area contributed by atoms with Crippen LogP contribution in [0.2, 0.25) is 18.1 Å². The number of carbonyl (C=O) groups excluding carboxylic acids is 2. The largest absolute Gasteiger partial charge is 0.543 e. The van der Waals surface area contributed by atoms with Crippen LogP contribution in [0.1, 0.15) is 79.3 Å². The SMILES string of the molecule is COc1cc(O[Si](C)(C)C(C)(C)C)c2c(c1C)C(=O)OCCCCC(=O)N[C@H](c1nc(C)no1)CSC2. The number of cyclic esters (lactones) is 1. The maximum Gasteiger partial charge on any atom is 0.338 e. The highest BCUT2D eigenvalue weighted by Gasteiger charge is 2.40. The zero-order chi connectivity index (χ0) is 27.4. The zero-order valence-corrected chi connectivity index (χ0v) is 25.0. The van der Waals surface area contributed by atoms with Gasteiger partial charge in [-0.05, 0) is 44.8 Å². The van der Waals surface area contributed by atoms with E-state index >= 15 is 0 Å². The fourth-order valence-corrected chi connectivity index (χ4v) is 5.85. The van der Waals surface area contributed by atoms with Crippen molar-refractivity contribution in [3.63, 3.8) is 0 Å². The number of rotatable bonds is 4. The Hall–Kier alpha value is -2.53. The molecule has 0 saturated carbocycles. The summed E-state index contributed by atoms with van der Waals surface area (Å²) in [4.78, 5) is 30.3. The van der Waals surface area contributed by atoms with Gasteiger partial charge in [-0.1, -0.05) is 25.9 Å². The highest BCUT2D eigenvalue weighted by atomic mass is 32.2. The first kappa shape index (κ1) is 29.0. The van der Waals surface area contributed by atoms with Gasteiger partial charge in [0.25, 0.3) is 0 Å². The second-order valence-corrected chi connectivity index (χ2v) is 16.6. The lowest BCUT2D eigenvalue weighted by Crippen LogP contribution is -2.44. The summed E-state index contributed by atoms with van der Waals surface area (Å²) in [5, 5.41) is 6.87. The lowest BCUT2D eigenvalue weighted by Gasteiger charge is -2.37. The van der Waals surface area contributed by atoms with E-state index in [1.165, 1.54) is 0 Å². The third kappa shape index (κ3) is 7.07. The Morgan fingerprint density at radius 1 is 1.16 bits per heavy atom. The summed E-state index contributed by atoms with van der Waals surface area (Å²) in [6.07, 6.45) is 1.48. The van der Waals surface area contributed by atoms with E-state index in [1.54, 1.807) is 25.8 Å². The molecule has 204 valence electrons. The summed E-state index contributed by atoms with van der Waals surface area (Å²) in [5.74, 6) is 2.52. The van der Waals surface area contributed by atoms with Crippen molar-refractivity contribution in [3.05, 3.63) is 34.5 Å². The summed E-state index contributed by atoms with van der Waals surface area (Å²) < 4.78 is 23.4. The Balaban J connectivity index is 2.05. The number of ether oxygens (including phenoxy) is 2. The smallest absolute Gasteiger partial charge is 0.338 e. The Morgan fingerprint density at radius 2 is 1.89 bits per heavy atom.